The molecule has 2 aromatic rings. The van der Waals surface area contributed by atoms with E-state index in [1.165, 1.54) is 12.1 Å². The number of hydrogen-bond donors (Lipinski definition) is 1. The number of hydrogen-bond acceptors (Lipinski definition) is 2. The fraction of sp³-hybridized carbons (Fsp3) is 0.125. The fourth-order valence-corrected chi connectivity index (χ4v) is 1.73. The van der Waals surface area contributed by atoms with Gasteiger partial charge in [0.2, 0.25) is 0 Å². The topological polar surface area (TPSA) is 35.2 Å². The van der Waals surface area contributed by atoms with E-state index in [1.807, 2.05) is 31.2 Å². The molecule has 0 saturated heterocycles. The Morgan fingerprint density at radius 1 is 1.00 bits per heavy atom. The summed E-state index contributed by atoms with van der Waals surface area (Å²) in [4.78, 5) is 0. The highest BCUT2D eigenvalue weighted by Crippen LogP contribution is 2.19. The minimum Gasteiger partial charge on any atom is -0.494 e. The second kappa shape index (κ2) is 6.19. The van der Waals surface area contributed by atoms with Gasteiger partial charge in [0.1, 0.15) is 23.1 Å². The molecule has 0 heterocycles. The highest BCUT2D eigenvalue weighted by Gasteiger charge is 2.05. The Balaban J connectivity index is 2.16. The summed E-state index contributed by atoms with van der Waals surface area (Å²) in [5.41, 5.74) is 6.09. The molecular weight excluding hydrogens is 260 g/mol. The molecule has 2 nitrogen and oxygen atoms in total. The van der Waals surface area contributed by atoms with Gasteiger partial charge < -0.3 is 10.5 Å². The monoisotopic (exact) mass is 275 g/mol. The van der Waals surface area contributed by atoms with Crippen molar-refractivity contribution in [3.05, 3.63) is 59.2 Å². The first-order chi connectivity index (χ1) is 9.60. The van der Waals surface area contributed by atoms with Crippen molar-refractivity contribution < 1.29 is 13.5 Å². The average Bonchev–Trinajstić information content (AvgIpc) is 2.44. The summed E-state index contributed by atoms with van der Waals surface area (Å²) in [5.74, 6) is -0.720. The second-order valence-electron chi connectivity index (χ2n) is 4.23. The van der Waals surface area contributed by atoms with Crippen molar-refractivity contribution in [1.29, 1.82) is 0 Å². The lowest BCUT2D eigenvalue weighted by molar-refractivity contribution is 0.340. The van der Waals surface area contributed by atoms with Crippen LogP contribution in [-0.4, -0.2) is 6.61 Å². The van der Waals surface area contributed by atoms with E-state index in [2.05, 4.69) is 0 Å². The molecule has 0 fully saturated rings. The zero-order valence-corrected chi connectivity index (χ0v) is 11.1. The Kier molecular flexibility index (Phi) is 4.35. The molecule has 0 radical (unpaired) electrons. The van der Waals surface area contributed by atoms with Crippen LogP contribution in [0.25, 0.3) is 12.2 Å². The van der Waals surface area contributed by atoms with Crippen molar-refractivity contribution in [3.63, 3.8) is 0 Å². The summed E-state index contributed by atoms with van der Waals surface area (Å²) in [7, 11) is 0. The van der Waals surface area contributed by atoms with Crippen LogP contribution in [0, 0.1) is 11.6 Å². The molecule has 0 saturated carbocycles. The van der Waals surface area contributed by atoms with Crippen LogP contribution < -0.4 is 10.5 Å². The zero-order chi connectivity index (χ0) is 14.5. The predicted octanol–water partition coefficient (Wildman–Crippen LogP) is 4.12. The molecule has 2 N–H and O–H groups in total. The summed E-state index contributed by atoms with van der Waals surface area (Å²) < 4.78 is 31.9. The Labute approximate surface area is 116 Å². The third-order valence-electron chi connectivity index (χ3n) is 2.76. The second-order valence-corrected chi connectivity index (χ2v) is 4.23. The number of nitrogen functional groups attached to an aromatic ring is 1. The lowest BCUT2D eigenvalue weighted by Crippen LogP contribution is -1.95. The van der Waals surface area contributed by atoms with Gasteiger partial charge in [-0.05, 0) is 42.3 Å². The fourth-order valence-electron chi connectivity index (χ4n) is 1.73. The van der Waals surface area contributed by atoms with Crippen LogP contribution in [0.5, 0.6) is 5.75 Å². The van der Waals surface area contributed by atoms with Crippen LogP contribution >= 0.6 is 0 Å². The van der Waals surface area contributed by atoms with Gasteiger partial charge in [-0.2, -0.15) is 0 Å². The summed E-state index contributed by atoms with van der Waals surface area (Å²) in [6, 6.07) is 9.81. The van der Waals surface area contributed by atoms with Crippen molar-refractivity contribution >= 4 is 17.8 Å². The number of benzene rings is 2. The molecule has 0 unspecified atom stereocenters. The van der Waals surface area contributed by atoms with E-state index >= 15 is 0 Å². The Hall–Kier alpha value is -2.36. The molecule has 0 bridgehead atoms. The maximum Gasteiger partial charge on any atom is 0.149 e. The van der Waals surface area contributed by atoms with Crippen molar-refractivity contribution in [2.24, 2.45) is 0 Å². The highest BCUT2D eigenvalue weighted by atomic mass is 19.1. The molecule has 0 aliphatic rings. The summed E-state index contributed by atoms with van der Waals surface area (Å²) in [6.07, 6.45) is 3.39. The molecule has 2 rings (SSSR count). The molecule has 4 heteroatoms. The van der Waals surface area contributed by atoms with Crippen molar-refractivity contribution in [2.75, 3.05) is 12.3 Å². The van der Waals surface area contributed by atoms with E-state index in [0.717, 1.165) is 11.3 Å². The van der Waals surface area contributed by atoms with E-state index in [1.54, 1.807) is 12.2 Å². The lowest BCUT2D eigenvalue weighted by Gasteiger charge is -2.03. The smallest absolute Gasteiger partial charge is 0.149 e. The average molecular weight is 275 g/mol. The Morgan fingerprint density at radius 3 is 2.10 bits per heavy atom. The molecule has 0 aromatic heterocycles. The van der Waals surface area contributed by atoms with E-state index in [0.29, 0.717) is 12.2 Å². The number of anilines is 1. The normalized spacial score (nSPS) is 10.9. The van der Waals surface area contributed by atoms with Crippen molar-refractivity contribution in [1.82, 2.24) is 0 Å². The number of ether oxygens (including phenoxy) is 1. The molecule has 0 amide bonds. The molecule has 104 valence electrons. The third kappa shape index (κ3) is 3.35. The van der Waals surface area contributed by atoms with Gasteiger partial charge >= 0.3 is 0 Å². The molecule has 20 heavy (non-hydrogen) atoms. The highest BCUT2D eigenvalue weighted by molar-refractivity contribution is 5.70. The van der Waals surface area contributed by atoms with Crippen molar-refractivity contribution in [2.45, 2.75) is 6.92 Å². The van der Waals surface area contributed by atoms with Crippen LogP contribution in [0.15, 0.2) is 36.4 Å². The first-order valence-corrected chi connectivity index (χ1v) is 6.25. The third-order valence-corrected chi connectivity index (χ3v) is 2.76. The van der Waals surface area contributed by atoms with Gasteiger partial charge in [0, 0.05) is 0 Å². The van der Waals surface area contributed by atoms with Crippen LogP contribution in [0.3, 0.4) is 0 Å². The van der Waals surface area contributed by atoms with E-state index in [9.17, 15) is 8.78 Å². The van der Waals surface area contributed by atoms with Gasteiger partial charge in [-0.3, -0.25) is 0 Å². The zero-order valence-electron chi connectivity index (χ0n) is 11.1. The summed E-state index contributed by atoms with van der Waals surface area (Å²) in [6.45, 7) is 2.52. The first-order valence-electron chi connectivity index (χ1n) is 6.25. The molecular formula is C16H15F2NO. The van der Waals surface area contributed by atoms with Gasteiger partial charge in [-0.15, -0.1) is 0 Å². The Morgan fingerprint density at radius 2 is 1.55 bits per heavy atom. The van der Waals surface area contributed by atoms with Crippen LogP contribution in [0.2, 0.25) is 0 Å². The van der Waals surface area contributed by atoms with E-state index in [-0.39, 0.29) is 0 Å². The van der Waals surface area contributed by atoms with Crippen LogP contribution in [0.1, 0.15) is 18.1 Å². The number of rotatable bonds is 4. The maximum absolute atomic E-state index is 13.3. The summed E-state index contributed by atoms with van der Waals surface area (Å²) in [5, 5.41) is 0. The van der Waals surface area contributed by atoms with Gasteiger partial charge in [-0.1, -0.05) is 24.3 Å². The van der Waals surface area contributed by atoms with Gasteiger partial charge in [-0.25, -0.2) is 8.78 Å². The summed E-state index contributed by atoms with van der Waals surface area (Å²) >= 11 is 0. The molecule has 0 spiro atoms. The largest absolute Gasteiger partial charge is 0.494 e. The van der Waals surface area contributed by atoms with Gasteiger partial charge in [0.15, 0.2) is 0 Å². The van der Waals surface area contributed by atoms with E-state index in [4.69, 9.17) is 10.5 Å². The predicted molar refractivity (Wildman–Crippen MR) is 77.3 cm³/mol. The van der Waals surface area contributed by atoms with Crippen LogP contribution in [-0.2, 0) is 0 Å². The lowest BCUT2D eigenvalue weighted by atomic mass is 10.1. The molecule has 0 aliphatic heterocycles. The van der Waals surface area contributed by atoms with Gasteiger partial charge in [0.05, 0.1) is 6.61 Å². The van der Waals surface area contributed by atoms with Crippen LogP contribution in [0.4, 0.5) is 14.5 Å². The number of halogens is 2. The minimum absolute atomic E-state index is 0.420. The molecule has 2 aromatic carbocycles. The molecule has 0 aliphatic carbocycles. The maximum atomic E-state index is 13.3. The van der Waals surface area contributed by atoms with Gasteiger partial charge in [0.25, 0.3) is 0 Å². The first kappa shape index (κ1) is 14.1. The van der Waals surface area contributed by atoms with E-state index < -0.39 is 17.3 Å². The quantitative estimate of drug-likeness (QED) is 0.673. The Bertz CT molecular complexity index is 598. The number of nitrogens with two attached hydrogens (primary N) is 1. The van der Waals surface area contributed by atoms with Crippen molar-refractivity contribution in [3.8, 4) is 5.75 Å². The minimum atomic E-state index is -0.753. The standard InChI is InChI=1S/C16H15F2NO/c1-2-20-13-7-5-11(6-8-13)3-4-12-9-14(17)16(19)15(18)10-12/h3-10H,2,19H2,1H3. The molecule has 0 atom stereocenters. The SMILES string of the molecule is CCOc1ccc(C=Cc2cc(F)c(N)c(F)c2)cc1.